The van der Waals surface area contributed by atoms with E-state index in [0.717, 1.165) is 6.54 Å². The third kappa shape index (κ3) is 4.27. The van der Waals surface area contributed by atoms with Gasteiger partial charge in [-0.3, -0.25) is 9.69 Å². The fourth-order valence-electron chi connectivity index (χ4n) is 2.78. The highest BCUT2D eigenvalue weighted by Gasteiger charge is 2.31. The van der Waals surface area contributed by atoms with Crippen molar-refractivity contribution >= 4 is 23.3 Å². The standard InChI is InChI=1S/C15H23ClN4O4/c1-23-12-8-20(5-6-21)4-3-11(12)18-14(22)9-7-10(16)13(17)19-15(9)24-2/h7,11-12,21H,3-6,8H2,1-2H3,(H2,17,19)(H,18,22). The van der Waals surface area contributed by atoms with Gasteiger partial charge in [0.25, 0.3) is 5.91 Å². The summed E-state index contributed by atoms with van der Waals surface area (Å²) in [6.07, 6.45) is 0.542. The van der Waals surface area contributed by atoms with Crippen LogP contribution in [0.25, 0.3) is 0 Å². The lowest BCUT2D eigenvalue weighted by atomic mass is 10.0. The molecule has 0 bridgehead atoms. The van der Waals surface area contributed by atoms with E-state index in [1.807, 2.05) is 0 Å². The number of amides is 1. The topological polar surface area (TPSA) is 110 Å². The zero-order valence-corrected chi connectivity index (χ0v) is 14.5. The lowest BCUT2D eigenvalue weighted by Crippen LogP contribution is -2.55. The molecule has 9 heteroatoms. The van der Waals surface area contributed by atoms with Crippen molar-refractivity contribution in [2.24, 2.45) is 0 Å². The summed E-state index contributed by atoms with van der Waals surface area (Å²) in [5.41, 5.74) is 5.86. The van der Waals surface area contributed by atoms with Crippen molar-refractivity contribution in [1.82, 2.24) is 15.2 Å². The van der Waals surface area contributed by atoms with Crippen LogP contribution in [0.3, 0.4) is 0 Å². The van der Waals surface area contributed by atoms with Gasteiger partial charge in [-0.1, -0.05) is 11.6 Å². The highest BCUT2D eigenvalue weighted by atomic mass is 35.5. The molecule has 2 unspecified atom stereocenters. The molecule has 4 N–H and O–H groups in total. The van der Waals surface area contributed by atoms with Crippen LogP contribution in [0.15, 0.2) is 6.07 Å². The van der Waals surface area contributed by atoms with Gasteiger partial charge in [-0.2, -0.15) is 4.98 Å². The molecule has 0 spiro atoms. The number of nitrogens with one attached hydrogen (secondary N) is 1. The van der Waals surface area contributed by atoms with Crippen LogP contribution >= 0.6 is 11.6 Å². The number of aliphatic hydroxyl groups excluding tert-OH is 1. The van der Waals surface area contributed by atoms with Gasteiger partial charge in [-0.15, -0.1) is 0 Å². The first-order valence-corrected chi connectivity index (χ1v) is 8.04. The van der Waals surface area contributed by atoms with Crippen molar-refractivity contribution in [2.45, 2.75) is 18.6 Å². The van der Waals surface area contributed by atoms with E-state index in [2.05, 4.69) is 15.2 Å². The number of nitrogens with zero attached hydrogens (tertiary/aromatic N) is 2. The summed E-state index contributed by atoms with van der Waals surface area (Å²) in [4.78, 5) is 18.7. The van der Waals surface area contributed by atoms with Crippen molar-refractivity contribution in [3.8, 4) is 5.88 Å². The number of aliphatic hydroxyl groups is 1. The van der Waals surface area contributed by atoms with Crippen LogP contribution in [-0.2, 0) is 4.74 Å². The van der Waals surface area contributed by atoms with Crippen molar-refractivity contribution < 1.29 is 19.4 Å². The summed E-state index contributed by atoms with van der Waals surface area (Å²) in [6.45, 7) is 2.09. The molecule has 0 saturated carbocycles. The molecule has 0 aromatic carbocycles. The molecule has 134 valence electrons. The number of anilines is 1. The van der Waals surface area contributed by atoms with Gasteiger partial charge in [0.15, 0.2) is 0 Å². The van der Waals surface area contributed by atoms with Gasteiger partial charge in [0.1, 0.15) is 11.4 Å². The Balaban J connectivity index is 2.10. The first-order chi connectivity index (χ1) is 11.5. The van der Waals surface area contributed by atoms with Gasteiger partial charge >= 0.3 is 0 Å². The largest absolute Gasteiger partial charge is 0.480 e. The molecule has 0 aliphatic carbocycles. The average molecular weight is 359 g/mol. The Labute approximate surface area is 145 Å². The third-order valence-electron chi connectivity index (χ3n) is 4.08. The monoisotopic (exact) mass is 358 g/mol. The number of likely N-dealkylation sites (tertiary alicyclic amines) is 1. The SMILES string of the molecule is COc1nc(N)c(Cl)cc1C(=O)NC1CCN(CCO)CC1OC. The minimum Gasteiger partial charge on any atom is -0.480 e. The Morgan fingerprint density at radius 3 is 2.96 bits per heavy atom. The van der Waals surface area contributed by atoms with Crippen LogP contribution in [0.1, 0.15) is 16.8 Å². The number of carbonyl (C=O) groups is 1. The van der Waals surface area contributed by atoms with Crippen LogP contribution in [0, 0.1) is 0 Å². The van der Waals surface area contributed by atoms with Gasteiger partial charge in [0, 0.05) is 26.7 Å². The Bertz CT molecular complexity index is 587. The molecular weight excluding hydrogens is 336 g/mol. The van der Waals surface area contributed by atoms with E-state index in [4.69, 9.17) is 31.9 Å². The number of nitrogens with two attached hydrogens (primary N) is 1. The first kappa shape index (κ1) is 18.7. The summed E-state index contributed by atoms with van der Waals surface area (Å²) in [5.74, 6) is -0.109. The molecule has 1 aromatic heterocycles. The lowest BCUT2D eigenvalue weighted by Gasteiger charge is -2.37. The number of β-amino-alcohol motifs (C(OH)–C–C–N with tert-alkyl or cyclic N) is 1. The van der Waals surface area contributed by atoms with E-state index >= 15 is 0 Å². The van der Waals surface area contributed by atoms with Gasteiger partial charge < -0.3 is 25.6 Å². The Morgan fingerprint density at radius 1 is 1.58 bits per heavy atom. The van der Waals surface area contributed by atoms with E-state index in [1.165, 1.54) is 13.2 Å². The number of hydrogen-bond acceptors (Lipinski definition) is 7. The molecule has 1 aliphatic heterocycles. The number of piperidine rings is 1. The molecule has 1 amide bonds. The number of ether oxygens (including phenoxy) is 2. The minimum atomic E-state index is -0.344. The fraction of sp³-hybridized carbons (Fsp3) is 0.600. The number of halogens is 1. The van der Waals surface area contributed by atoms with Gasteiger partial charge in [-0.05, 0) is 12.5 Å². The third-order valence-corrected chi connectivity index (χ3v) is 4.39. The van der Waals surface area contributed by atoms with Gasteiger partial charge in [-0.25, -0.2) is 0 Å². The van der Waals surface area contributed by atoms with Crippen molar-refractivity contribution in [1.29, 1.82) is 0 Å². The first-order valence-electron chi connectivity index (χ1n) is 7.67. The van der Waals surface area contributed by atoms with E-state index in [-0.39, 0.29) is 46.9 Å². The lowest BCUT2D eigenvalue weighted by molar-refractivity contribution is 0.00227. The predicted octanol–water partition coefficient (Wildman–Crippen LogP) is 0.137. The molecule has 2 atom stereocenters. The van der Waals surface area contributed by atoms with Crippen molar-refractivity contribution in [3.05, 3.63) is 16.7 Å². The van der Waals surface area contributed by atoms with E-state index < -0.39 is 0 Å². The highest BCUT2D eigenvalue weighted by molar-refractivity contribution is 6.33. The smallest absolute Gasteiger partial charge is 0.257 e. The summed E-state index contributed by atoms with van der Waals surface area (Å²) < 4.78 is 10.6. The molecule has 0 radical (unpaired) electrons. The molecule has 8 nitrogen and oxygen atoms in total. The number of carbonyl (C=O) groups excluding carboxylic acids is 1. The number of methoxy groups -OCH3 is 2. The summed E-state index contributed by atoms with van der Waals surface area (Å²) in [7, 11) is 3.02. The molecule has 2 heterocycles. The summed E-state index contributed by atoms with van der Waals surface area (Å²) >= 11 is 5.96. The van der Waals surface area contributed by atoms with Crippen LogP contribution in [0.4, 0.5) is 5.82 Å². The quantitative estimate of drug-likeness (QED) is 0.663. The van der Waals surface area contributed by atoms with Gasteiger partial charge in [0.2, 0.25) is 5.88 Å². The van der Waals surface area contributed by atoms with Crippen LogP contribution in [-0.4, -0.2) is 73.5 Å². The van der Waals surface area contributed by atoms with Crippen molar-refractivity contribution in [3.63, 3.8) is 0 Å². The molecule has 2 rings (SSSR count). The normalized spacial score (nSPS) is 21.5. The summed E-state index contributed by atoms with van der Waals surface area (Å²) in [5, 5.41) is 12.2. The van der Waals surface area contributed by atoms with Gasteiger partial charge in [0.05, 0.1) is 30.9 Å². The predicted molar refractivity (Wildman–Crippen MR) is 90.4 cm³/mol. The van der Waals surface area contributed by atoms with Crippen molar-refractivity contribution in [2.75, 3.05) is 46.2 Å². The maximum atomic E-state index is 12.6. The number of rotatable bonds is 6. The Kier molecular flexibility index (Phi) is 6.61. The fourth-order valence-corrected chi connectivity index (χ4v) is 2.93. The zero-order chi connectivity index (χ0) is 17.7. The average Bonchev–Trinajstić information content (AvgIpc) is 2.58. The molecule has 1 aliphatic rings. The van der Waals surface area contributed by atoms with E-state index in [1.54, 1.807) is 7.11 Å². The Morgan fingerprint density at radius 2 is 2.33 bits per heavy atom. The minimum absolute atomic E-state index is 0.0975. The van der Waals surface area contributed by atoms with E-state index in [9.17, 15) is 4.79 Å². The second-order valence-corrected chi connectivity index (χ2v) is 5.99. The maximum absolute atomic E-state index is 12.6. The van der Waals surface area contributed by atoms with Crippen LogP contribution < -0.4 is 15.8 Å². The number of aromatic nitrogens is 1. The van der Waals surface area contributed by atoms with Crippen LogP contribution in [0.5, 0.6) is 5.88 Å². The molecule has 1 aromatic rings. The summed E-state index contributed by atoms with van der Waals surface area (Å²) in [6, 6.07) is 1.29. The maximum Gasteiger partial charge on any atom is 0.257 e. The van der Waals surface area contributed by atoms with Crippen LogP contribution in [0.2, 0.25) is 5.02 Å². The Hall–Kier alpha value is -1.61. The number of hydrogen-bond donors (Lipinski definition) is 3. The van der Waals surface area contributed by atoms with E-state index in [0.29, 0.717) is 19.5 Å². The second-order valence-electron chi connectivity index (χ2n) is 5.58. The molecule has 1 saturated heterocycles. The molecular formula is C15H23ClN4O4. The zero-order valence-electron chi connectivity index (χ0n) is 13.8. The molecule has 1 fully saturated rings. The number of nitrogen functional groups attached to an aromatic ring is 1. The number of pyridine rings is 1. The second kappa shape index (κ2) is 8.48. The molecule has 24 heavy (non-hydrogen) atoms. The highest BCUT2D eigenvalue weighted by Crippen LogP contribution is 2.25.